The Morgan fingerprint density at radius 2 is 1.06 bits per heavy atom. The van der Waals surface area contributed by atoms with Gasteiger partial charge in [-0.05, 0) is 39.8 Å². The van der Waals surface area contributed by atoms with Crippen LogP contribution in [0.4, 0.5) is 0 Å². The first-order valence-corrected chi connectivity index (χ1v) is 11.5. The van der Waals surface area contributed by atoms with E-state index in [1.807, 2.05) is 80.0 Å². The van der Waals surface area contributed by atoms with Crippen LogP contribution in [0.5, 0.6) is 0 Å². The maximum absolute atomic E-state index is 5.47. The summed E-state index contributed by atoms with van der Waals surface area (Å²) in [6.45, 7) is 11.2. The van der Waals surface area contributed by atoms with Crippen LogP contribution in [0.3, 0.4) is 0 Å². The Hall–Kier alpha value is -2.39. The molecule has 33 heavy (non-hydrogen) atoms. The first-order chi connectivity index (χ1) is 15.5. The van der Waals surface area contributed by atoms with Gasteiger partial charge in [0.2, 0.25) is 0 Å². The first kappa shape index (κ1) is 28.6. The predicted octanol–water partition coefficient (Wildman–Crippen LogP) is 3.68. The van der Waals surface area contributed by atoms with E-state index in [9.17, 15) is 0 Å². The second-order valence-electron chi connectivity index (χ2n) is 6.61. The van der Waals surface area contributed by atoms with Crippen LogP contribution in [-0.2, 0) is 42.3 Å². The van der Waals surface area contributed by atoms with Crippen LogP contribution in [0, 0.1) is 0 Å². The van der Waals surface area contributed by atoms with E-state index < -0.39 is 0 Å². The van der Waals surface area contributed by atoms with Crippen LogP contribution in [0.1, 0.15) is 38.8 Å². The summed E-state index contributed by atoms with van der Waals surface area (Å²) in [4.78, 5) is 8.04. The summed E-state index contributed by atoms with van der Waals surface area (Å²) in [6, 6.07) is 13.4. The summed E-state index contributed by atoms with van der Waals surface area (Å²) in [5, 5.41) is 18.6. The van der Waals surface area contributed by atoms with Crippen LogP contribution in [0.25, 0.3) is 0 Å². The molecule has 0 amide bonds. The number of hydrogen-bond donors (Lipinski definition) is 0. The van der Waals surface area contributed by atoms with Crippen LogP contribution < -0.4 is 0 Å². The van der Waals surface area contributed by atoms with Crippen LogP contribution in [0.2, 0.25) is 0 Å². The van der Waals surface area contributed by atoms with E-state index in [1.165, 1.54) is 0 Å². The van der Waals surface area contributed by atoms with Crippen molar-refractivity contribution in [3.8, 4) is 0 Å². The zero-order chi connectivity index (χ0) is 23.3. The number of amidine groups is 2. The zero-order valence-electron chi connectivity index (χ0n) is 19.3. The maximum atomic E-state index is 5.47. The normalized spacial score (nSPS) is 12.8. The summed E-state index contributed by atoms with van der Waals surface area (Å²) in [5.74, 6) is 0. The van der Waals surface area contributed by atoms with Crippen molar-refractivity contribution in [2.45, 2.75) is 27.7 Å². The Labute approximate surface area is 218 Å². The van der Waals surface area contributed by atoms with Gasteiger partial charge >= 0.3 is 17.1 Å². The molecule has 10 heteroatoms. The van der Waals surface area contributed by atoms with Gasteiger partial charge in [-0.25, -0.2) is 0 Å². The van der Waals surface area contributed by atoms with Gasteiger partial charge in [0.05, 0.1) is 0 Å². The molecule has 7 nitrogen and oxygen atoms in total. The Morgan fingerprint density at radius 1 is 0.667 bits per heavy atom. The molecule has 0 atom stereocenters. The van der Waals surface area contributed by atoms with E-state index >= 15 is 0 Å². The van der Waals surface area contributed by atoms with Crippen molar-refractivity contribution >= 4 is 47.0 Å². The van der Waals surface area contributed by atoms with Crippen molar-refractivity contribution in [1.29, 1.82) is 0 Å². The Balaban J connectivity index is 0.00000544. The van der Waals surface area contributed by atoms with E-state index in [0.717, 1.165) is 37.3 Å². The number of rotatable bonds is 9. The second-order valence-corrected chi connectivity index (χ2v) is 7.34. The van der Waals surface area contributed by atoms with E-state index in [1.54, 1.807) is 12.4 Å². The SMILES string of the molecule is CCN(CC)/C([S-])=N/N=C(/C(=N/N=C(\[S-])N(CC)CC)c1ccncc1)c1ccccc1.[Cu+2]. The molecule has 0 aliphatic rings. The molecule has 2 aromatic rings. The van der Waals surface area contributed by atoms with Crippen LogP contribution >= 0.6 is 0 Å². The molecule has 0 aliphatic heterocycles. The van der Waals surface area contributed by atoms with Gasteiger partial charge in [-0.3, -0.25) is 4.98 Å². The average molecular weight is 531 g/mol. The minimum Gasteiger partial charge on any atom is -0.741 e. The van der Waals surface area contributed by atoms with Gasteiger partial charge < -0.3 is 35.1 Å². The molecule has 2 rings (SSSR count). The predicted molar refractivity (Wildman–Crippen MR) is 139 cm³/mol. The van der Waals surface area contributed by atoms with Gasteiger partial charge in [-0.2, -0.15) is 10.2 Å². The minimum absolute atomic E-state index is 0. The van der Waals surface area contributed by atoms with Gasteiger partial charge in [0.15, 0.2) is 0 Å². The molecule has 179 valence electrons. The Bertz CT molecular complexity index is 876. The van der Waals surface area contributed by atoms with Crippen molar-refractivity contribution in [2.75, 3.05) is 26.2 Å². The number of aromatic nitrogens is 1. The number of hydrogen-bond acceptors (Lipinski definition) is 7. The molecule has 0 saturated heterocycles. The zero-order valence-corrected chi connectivity index (χ0v) is 21.8. The standard InChI is InChI=1S/C23H31N7S2.Cu/c1-5-29(6-2)22(31)27-25-20(18-12-10-9-11-13-18)21(19-14-16-24-17-15-19)26-28-23(32)30(7-3)8-4;/h9-17H,5-8H2,1-4H3,(H,27,31)(H,28,32);/q;+2/p-2/b25-20+,26-21+;. The third-order valence-corrected chi connectivity index (χ3v) is 5.44. The molecular formula is C23H29CuN7S2. The van der Waals surface area contributed by atoms with Crippen molar-refractivity contribution in [3.63, 3.8) is 0 Å². The van der Waals surface area contributed by atoms with Gasteiger partial charge in [0, 0.05) is 60.0 Å². The van der Waals surface area contributed by atoms with Crippen molar-refractivity contribution in [1.82, 2.24) is 14.8 Å². The number of benzene rings is 1. The molecule has 0 spiro atoms. The van der Waals surface area contributed by atoms with E-state index in [2.05, 4.69) is 25.4 Å². The number of nitrogens with zero attached hydrogens (tertiary/aromatic N) is 7. The van der Waals surface area contributed by atoms with Crippen LogP contribution in [-0.4, -0.2) is 62.7 Å². The van der Waals surface area contributed by atoms with Gasteiger partial charge in [0.25, 0.3) is 0 Å². The molecule has 0 N–H and O–H groups in total. The second kappa shape index (κ2) is 15.4. The van der Waals surface area contributed by atoms with Crippen LogP contribution in [0.15, 0.2) is 75.3 Å². The molecule has 0 bridgehead atoms. The first-order valence-electron chi connectivity index (χ1n) is 10.7. The molecule has 0 fully saturated rings. The number of pyridine rings is 1. The fraction of sp³-hybridized carbons (Fsp3) is 0.348. The van der Waals surface area contributed by atoms with Crippen molar-refractivity contribution in [3.05, 3.63) is 66.0 Å². The molecule has 1 radical (unpaired) electrons. The summed E-state index contributed by atoms with van der Waals surface area (Å²) in [5.41, 5.74) is 2.74. The largest absolute Gasteiger partial charge is 2.00 e. The van der Waals surface area contributed by atoms with Crippen molar-refractivity contribution < 1.29 is 17.1 Å². The molecule has 1 heterocycles. The topological polar surface area (TPSA) is 68.8 Å². The van der Waals surface area contributed by atoms with E-state index in [0.29, 0.717) is 21.8 Å². The fourth-order valence-corrected chi connectivity index (χ4v) is 3.49. The molecule has 0 saturated carbocycles. The Kier molecular flexibility index (Phi) is 13.4. The molecule has 0 unspecified atom stereocenters. The molecule has 1 aromatic carbocycles. The third-order valence-electron chi connectivity index (χ3n) is 4.76. The molecule has 1 aromatic heterocycles. The fourth-order valence-electron chi connectivity index (χ4n) is 2.89. The smallest absolute Gasteiger partial charge is 0.741 e. The van der Waals surface area contributed by atoms with Gasteiger partial charge in [0.1, 0.15) is 11.4 Å². The quantitative estimate of drug-likeness (QED) is 0.163. The summed E-state index contributed by atoms with van der Waals surface area (Å²) in [6.07, 6.45) is 3.40. The molecular weight excluding hydrogens is 502 g/mol. The molecule has 0 aliphatic carbocycles. The monoisotopic (exact) mass is 530 g/mol. The third kappa shape index (κ3) is 8.47. The van der Waals surface area contributed by atoms with Gasteiger partial charge in [-0.15, -0.1) is 10.2 Å². The van der Waals surface area contributed by atoms with E-state index in [4.69, 9.17) is 25.3 Å². The summed E-state index contributed by atoms with van der Waals surface area (Å²) >= 11 is 10.9. The van der Waals surface area contributed by atoms with E-state index in [-0.39, 0.29) is 17.1 Å². The maximum Gasteiger partial charge on any atom is 2.00 e. The van der Waals surface area contributed by atoms with Gasteiger partial charge in [-0.1, -0.05) is 30.3 Å². The Morgan fingerprint density at radius 3 is 1.45 bits per heavy atom. The summed E-state index contributed by atoms with van der Waals surface area (Å²) in [7, 11) is 0. The summed E-state index contributed by atoms with van der Waals surface area (Å²) < 4.78 is 0. The van der Waals surface area contributed by atoms with Crippen molar-refractivity contribution in [2.24, 2.45) is 20.4 Å². The minimum atomic E-state index is 0. The average Bonchev–Trinajstić information content (AvgIpc) is 2.83.